The smallest absolute Gasteiger partial charge is 0.292 e. The summed E-state index contributed by atoms with van der Waals surface area (Å²) >= 11 is 11.4. The lowest BCUT2D eigenvalue weighted by atomic mass is 10.2. The van der Waals surface area contributed by atoms with Gasteiger partial charge in [-0.05, 0) is 18.2 Å². The molecule has 0 radical (unpaired) electrons. The Hall–Kier alpha value is -2.25. The van der Waals surface area contributed by atoms with Crippen LogP contribution in [-0.2, 0) is 0 Å². The highest BCUT2D eigenvalue weighted by molar-refractivity contribution is 6.35. The molecule has 0 aliphatic heterocycles. The molecule has 0 bridgehead atoms. The number of nitrogens with one attached hydrogen (secondary N) is 1. The molecule has 0 spiro atoms. The highest BCUT2D eigenvalue weighted by Crippen LogP contribution is 2.26. The highest BCUT2D eigenvalue weighted by Gasteiger charge is 2.19. The minimum absolute atomic E-state index is 0.0420. The number of amides is 1. The summed E-state index contributed by atoms with van der Waals surface area (Å²) in [7, 11) is 0. The van der Waals surface area contributed by atoms with E-state index in [4.69, 9.17) is 23.2 Å². The van der Waals surface area contributed by atoms with Gasteiger partial charge in [-0.3, -0.25) is 14.9 Å². The first-order valence-corrected chi connectivity index (χ1v) is 6.21. The fourth-order valence-electron chi connectivity index (χ4n) is 1.54. The van der Waals surface area contributed by atoms with Gasteiger partial charge < -0.3 is 5.32 Å². The number of pyridine rings is 1. The van der Waals surface area contributed by atoms with Crippen LogP contribution >= 0.6 is 23.2 Å². The van der Waals surface area contributed by atoms with Gasteiger partial charge in [0.1, 0.15) is 21.8 Å². The summed E-state index contributed by atoms with van der Waals surface area (Å²) in [6.07, 6.45) is 0. The van der Waals surface area contributed by atoms with E-state index in [1.807, 2.05) is 0 Å². The zero-order valence-corrected chi connectivity index (χ0v) is 11.7. The molecule has 108 valence electrons. The van der Waals surface area contributed by atoms with Crippen LogP contribution in [0.1, 0.15) is 10.4 Å². The van der Waals surface area contributed by atoms with Crippen molar-refractivity contribution in [2.45, 2.75) is 0 Å². The number of nitro groups is 1. The molecule has 0 fully saturated rings. The SMILES string of the molecule is O=C(Nc1cc(F)ccc1[N+](=O)[O-])c1ccc(Cl)nc1Cl. The second-order valence-corrected chi connectivity index (χ2v) is 4.59. The largest absolute Gasteiger partial charge is 0.316 e. The van der Waals surface area contributed by atoms with Crippen molar-refractivity contribution in [3.05, 3.63) is 62.1 Å². The van der Waals surface area contributed by atoms with Crippen LogP contribution in [0.5, 0.6) is 0 Å². The second-order valence-electron chi connectivity index (χ2n) is 3.85. The molecular weight excluding hydrogens is 324 g/mol. The molecule has 1 N–H and O–H groups in total. The van der Waals surface area contributed by atoms with Crippen molar-refractivity contribution in [1.29, 1.82) is 0 Å². The van der Waals surface area contributed by atoms with Gasteiger partial charge in [-0.1, -0.05) is 23.2 Å². The molecule has 0 saturated heterocycles. The van der Waals surface area contributed by atoms with Crippen LogP contribution in [0.4, 0.5) is 15.8 Å². The quantitative estimate of drug-likeness (QED) is 0.528. The number of carbonyl (C=O) groups excluding carboxylic acids is 1. The first kappa shape index (κ1) is 15.1. The average molecular weight is 330 g/mol. The molecule has 0 atom stereocenters. The Morgan fingerprint density at radius 1 is 1.29 bits per heavy atom. The van der Waals surface area contributed by atoms with Crippen molar-refractivity contribution in [1.82, 2.24) is 4.98 Å². The third-order valence-electron chi connectivity index (χ3n) is 2.46. The maximum absolute atomic E-state index is 13.2. The summed E-state index contributed by atoms with van der Waals surface area (Å²) in [6.45, 7) is 0. The number of rotatable bonds is 3. The molecule has 1 aromatic carbocycles. The third kappa shape index (κ3) is 3.45. The normalized spacial score (nSPS) is 10.2. The summed E-state index contributed by atoms with van der Waals surface area (Å²) in [5.74, 6) is -1.49. The fraction of sp³-hybridized carbons (Fsp3) is 0. The number of hydrogen-bond acceptors (Lipinski definition) is 4. The van der Waals surface area contributed by atoms with Gasteiger partial charge in [-0.2, -0.15) is 0 Å². The number of hydrogen-bond donors (Lipinski definition) is 1. The Bertz CT molecular complexity index is 740. The predicted octanol–water partition coefficient (Wildman–Crippen LogP) is 3.69. The molecule has 6 nitrogen and oxygen atoms in total. The molecule has 0 aliphatic carbocycles. The van der Waals surface area contributed by atoms with Crippen LogP contribution in [0.25, 0.3) is 0 Å². The van der Waals surface area contributed by atoms with Crippen LogP contribution < -0.4 is 5.32 Å². The van der Waals surface area contributed by atoms with E-state index >= 15 is 0 Å². The lowest BCUT2D eigenvalue weighted by Crippen LogP contribution is -2.14. The van der Waals surface area contributed by atoms with Crippen molar-refractivity contribution in [3.63, 3.8) is 0 Å². The first-order valence-electron chi connectivity index (χ1n) is 5.46. The fourth-order valence-corrected chi connectivity index (χ4v) is 1.97. The van der Waals surface area contributed by atoms with Gasteiger partial charge in [0.25, 0.3) is 11.6 Å². The number of halogens is 3. The van der Waals surface area contributed by atoms with Crippen molar-refractivity contribution < 1.29 is 14.1 Å². The molecule has 21 heavy (non-hydrogen) atoms. The molecule has 0 unspecified atom stereocenters. The summed E-state index contributed by atoms with van der Waals surface area (Å²) in [5, 5.41) is 13.0. The minimum Gasteiger partial charge on any atom is -0.316 e. The topological polar surface area (TPSA) is 85.1 Å². The first-order chi connectivity index (χ1) is 9.88. The number of nitro benzene ring substituents is 1. The predicted molar refractivity (Wildman–Crippen MR) is 75.3 cm³/mol. The summed E-state index contributed by atoms with van der Waals surface area (Å²) in [5.41, 5.74) is -0.765. The number of carbonyl (C=O) groups is 1. The van der Waals surface area contributed by atoms with Crippen LogP contribution in [0.3, 0.4) is 0 Å². The Morgan fingerprint density at radius 2 is 2.00 bits per heavy atom. The lowest BCUT2D eigenvalue weighted by molar-refractivity contribution is -0.384. The molecule has 2 rings (SSSR count). The molecule has 0 saturated carbocycles. The standard InChI is InChI=1S/C12H6Cl2FN3O3/c13-10-4-2-7(11(14)17-10)12(19)16-8-5-6(15)1-3-9(8)18(20)21/h1-5H,(H,16,19). The lowest BCUT2D eigenvalue weighted by Gasteiger charge is -2.07. The molecule has 1 aromatic heterocycles. The molecule has 0 aliphatic rings. The number of benzene rings is 1. The monoisotopic (exact) mass is 329 g/mol. The Labute approximate surface area is 127 Å². The number of nitrogens with zero attached hydrogens (tertiary/aromatic N) is 2. The summed E-state index contributed by atoms with van der Waals surface area (Å²) in [6, 6.07) is 5.35. The second kappa shape index (κ2) is 6.02. The van der Waals surface area contributed by atoms with Gasteiger partial charge in [0, 0.05) is 12.1 Å². The number of aromatic nitrogens is 1. The van der Waals surface area contributed by atoms with E-state index in [0.717, 1.165) is 18.2 Å². The van der Waals surface area contributed by atoms with Crippen molar-refractivity contribution in [2.75, 3.05) is 5.32 Å². The zero-order chi connectivity index (χ0) is 15.6. The maximum Gasteiger partial charge on any atom is 0.292 e. The van der Waals surface area contributed by atoms with E-state index < -0.39 is 22.3 Å². The molecule has 2 aromatic rings. The summed E-state index contributed by atoms with van der Waals surface area (Å²) < 4.78 is 13.2. The molecule has 1 amide bonds. The summed E-state index contributed by atoms with van der Waals surface area (Å²) in [4.78, 5) is 25.8. The van der Waals surface area contributed by atoms with Gasteiger partial charge in [0.15, 0.2) is 0 Å². The van der Waals surface area contributed by atoms with Gasteiger partial charge in [0.05, 0.1) is 10.5 Å². The van der Waals surface area contributed by atoms with E-state index in [9.17, 15) is 19.3 Å². The molecular formula is C12H6Cl2FN3O3. The van der Waals surface area contributed by atoms with Crippen LogP contribution in [0.2, 0.25) is 10.3 Å². The Kier molecular flexibility index (Phi) is 4.35. The van der Waals surface area contributed by atoms with Crippen molar-refractivity contribution in [3.8, 4) is 0 Å². The van der Waals surface area contributed by atoms with Gasteiger partial charge in [-0.15, -0.1) is 0 Å². The molecule has 9 heteroatoms. The third-order valence-corrected chi connectivity index (χ3v) is 2.96. The van der Waals surface area contributed by atoms with Crippen LogP contribution in [-0.4, -0.2) is 15.8 Å². The molecule has 1 heterocycles. The van der Waals surface area contributed by atoms with E-state index in [0.29, 0.717) is 0 Å². The Balaban J connectivity index is 2.35. The average Bonchev–Trinajstić information content (AvgIpc) is 2.37. The van der Waals surface area contributed by atoms with E-state index in [2.05, 4.69) is 10.3 Å². The highest BCUT2D eigenvalue weighted by atomic mass is 35.5. The van der Waals surface area contributed by atoms with Gasteiger partial charge >= 0.3 is 0 Å². The van der Waals surface area contributed by atoms with Crippen LogP contribution in [0.15, 0.2) is 30.3 Å². The van der Waals surface area contributed by atoms with E-state index in [-0.39, 0.29) is 21.6 Å². The van der Waals surface area contributed by atoms with Gasteiger partial charge in [-0.25, -0.2) is 9.37 Å². The van der Waals surface area contributed by atoms with Crippen molar-refractivity contribution >= 4 is 40.5 Å². The van der Waals surface area contributed by atoms with E-state index in [1.54, 1.807) is 0 Å². The Morgan fingerprint density at radius 3 is 2.62 bits per heavy atom. The number of anilines is 1. The van der Waals surface area contributed by atoms with E-state index in [1.165, 1.54) is 12.1 Å². The van der Waals surface area contributed by atoms with Crippen LogP contribution in [0, 0.1) is 15.9 Å². The zero-order valence-electron chi connectivity index (χ0n) is 10.1. The van der Waals surface area contributed by atoms with Gasteiger partial charge in [0.2, 0.25) is 0 Å². The van der Waals surface area contributed by atoms with Crippen molar-refractivity contribution in [2.24, 2.45) is 0 Å². The maximum atomic E-state index is 13.2. The minimum atomic E-state index is -0.766.